The smallest absolute Gasteiger partial charge is 0.321 e. The highest BCUT2D eigenvalue weighted by molar-refractivity contribution is 5.94. The van der Waals surface area contributed by atoms with Crippen LogP contribution in [0, 0.1) is 23.7 Å². The number of hydrogen-bond donors (Lipinski definition) is 2. The lowest BCUT2D eigenvalue weighted by Crippen LogP contribution is -2.61. The molecule has 178 valence electrons. The topological polar surface area (TPSA) is 91.0 Å². The second kappa shape index (κ2) is 9.29. The largest absolute Gasteiger partial charge is 0.378 e. The predicted molar refractivity (Wildman–Crippen MR) is 119 cm³/mol. The van der Waals surface area contributed by atoms with Gasteiger partial charge in [0.25, 0.3) is 0 Å². The maximum Gasteiger partial charge on any atom is 0.321 e. The number of likely N-dealkylation sites (tertiary alicyclic amines) is 1. The number of rotatable bonds is 5. The first kappa shape index (κ1) is 22.1. The Morgan fingerprint density at radius 2 is 1.59 bits per heavy atom. The van der Waals surface area contributed by atoms with Gasteiger partial charge in [-0.25, -0.2) is 4.79 Å². The normalized spacial score (nSPS) is 36.7. The van der Waals surface area contributed by atoms with Crippen molar-refractivity contribution in [1.29, 1.82) is 0 Å². The molecule has 1 atom stereocenters. The minimum atomic E-state index is -0.323. The van der Waals surface area contributed by atoms with Gasteiger partial charge >= 0.3 is 6.03 Å². The van der Waals surface area contributed by atoms with Crippen molar-refractivity contribution in [2.75, 3.05) is 45.9 Å². The highest BCUT2D eigenvalue weighted by Crippen LogP contribution is 2.55. The standard InChI is InChI=1S/C24H38N4O4/c29-21(25-23(31)26-24-13-17-10-18(14-24)12-19(11-17)15-24)3-5-27-4-1-2-20(16-27)22(30)28-6-8-32-9-7-28/h17-20H,1-16H2,(H2,25,26,29,31). The summed E-state index contributed by atoms with van der Waals surface area (Å²) in [5.41, 5.74) is -0.0843. The van der Waals surface area contributed by atoms with Crippen molar-refractivity contribution in [3.63, 3.8) is 0 Å². The zero-order chi connectivity index (χ0) is 22.1. The number of carbonyl (C=O) groups is 3. The van der Waals surface area contributed by atoms with Crippen LogP contribution in [0.25, 0.3) is 0 Å². The quantitative estimate of drug-likeness (QED) is 0.671. The summed E-state index contributed by atoms with van der Waals surface area (Å²) in [6.07, 6.45) is 9.37. The molecular weight excluding hydrogens is 408 g/mol. The molecule has 4 bridgehead atoms. The number of morpholine rings is 1. The van der Waals surface area contributed by atoms with Crippen LogP contribution in [-0.4, -0.2) is 79.1 Å². The molecule has 0 spiro atoms. The molecule has 32 heavy (non-hydrogen) atoms. The van der Waals surface area contributed by atoms with Crippen LogP contribution >= 0.6 is 0 Å². The van der Waals surface area contributed by atoms with Gasteiger partial charge in [-0.2, -0.15) is 0 Å². The number of ether oxygens (including phenoxy) is 1. The van der Waals surface area contributed by atoms with Crippen LogP contribution in [0.1, 0.15) is 57.8 Å². The summed E-state index contributed by atoms with van der Waals surface area (Å²) < 4.78 is 5.35. The maximum absolute atomic E-state index is 12.8. The zero-order valence-electron chi connectivity index (χ0n) is 19.2. The van der Waals surface area contributed by atoms with E-state index in [1.807, 2.05) is 4.90 Å². The summed E-state index contributed by atoms with van der Waals surface area (Å²) in [7, 11) is 0. The van der Waals surface area contributed by atoms with Crippen LogP contribution in [-0.2, 0) is 14.3 Å². The molecular formula is C24H38N4O4. The number of nitrogens with zero attached hydrogens (tertiary/aromatic N) is 2. The first-order valence-electron chi connectivity index (χ1n) is 12.7. The van der Waals surface area contributed by atoms with Gasteiger partial charge in [-0.1, -0.05) is 0 Å². The van der Waals surface area contributed by atoms with Crippen molar-refractivity contribution in [1.82, 2.24) is 20.4 Å². The molecule has 6 rings (SSSR count). The maximum atomic E-state index is 12.8. The molecule has 0 aromatic carbocycles. The van der Waals surface area contributed by atoms with Crippen molar-refractivity contribution in [3.8, 4) is 0 Å². The summed E-state index contributed by atoms with van der Waals surface area (Å²) >= 11 is 0. The van der Waals surface area contributed by atoms with E-state index in [-0.39, 0.29) is 35.7 Å². The lowest BCUT2D eigenvalue weighted by molar-refractivity contribution is -0.141. The molecule has 0 radical (unpaired) electrons. The van der Waals surface area contributed by atoms with E-state index in [9.17, 15) is 14.4 Å². The summed E-state index contributed by atoms with van der Waals surface area (Å²) in [5.74, 6) is 2.26. The van der Waals surface area contributed by atoms with Gasteiger partial charge in [0.1, 0.15) is 0 Å². The highest BCUT2D eigenvalue weighted by Gasteiger charge is 2.51. The van der Waals surface area contributed by atoms with E-state index in [1.165, 1.54) is 19.3 Å². The third kappa shape index (κ3) is 4.96. The van der Waals surface area contributed by atoms with Crippen LogP contribution in [0.3, 0.4) is 0 Å². The number of nitrogens with one attached hydrogen (secondary N) is 2. The molecule has 6 fully saturated rings. The van der Waals surface area contributed by atoms with Crippen LogP contribution < -0.4 is 10.6 Å². The van der Waals surface area contributed by atoms with Gasteiger partial charge in [0.2, 0.25) is 11.8 Å². The Balaban J connectivity index is 1.05. The zero-order valence-corrected chi connectivity index (χ0v) is 19.2. The number of urea groups is 1. The van der Waals surface area contributed by atoms with Gasteiger partial charge in [0.15, 0.2) is 0 Å². The highest BCUT2D eigenvalue weighted by atomic mass is 16.5. The van der Waals surface area contributed by atoms with Gasteiger partial charge in [-0.3, -0.25) is 14.9 Å². The molecule has 4 saturated carbocycles. The average molecular weight is 447 g/mol. The SMILES string of the molecule is O=C(CCN1CCCC(C(=O)N2CCOCC2)C1)NC(=O)NC12CC3CC(CC(C3)C1)C2. The first-order chi connectivity index (χ1) is 15.5. The van der Waals surface area contributed by atoms with Gasteiger partial charge in [-0.05, 0) is 75.7 Å². The Labute approximate surface area is 190 Å². The second-order valence-electron chi connectivity index (χ2n) is 11.0. The van der Waals surface area contributed by atoms with E-state index in [4.69, 9.17) is 4.74 Å². The number of piperidine rings is 1. The summed E-state index contributed by atoms with van der Waals surface area (Å²) in [5, 5.41) is 5.78. The molecule has 8 nitrogen and oxygen atoms in total. The molecule has 4 amide bonds. The fourth-order valence-corrected chi connectivity index (χ4v) is 7.49. The summed E-state index contributed by atoms with van der Waals surface area (Å²) in [4.78, 5) is 42.0. The molecule has 2 aliphatic heterocycles. The Hall–Kier alpha value is -1.67. The van der Waals surface area contributed by atoms with Crippen molar-refractivity contribution in [2.24, 2.45) is 23.7 Å². The van der Waals surface area contributed by atoms with Crippen molar-refractivity contribution in [3.05, 3.63) is 0 Å². The van der Waals surface area contributed by atoms with Gasteiger partial charge in [-0.15, -0.1) is 0 Å². The van der Waals surface area contributed by atoms with E-state index in [1.54, 1.807) is 0 Å². The third-order valence-electron chi connectivity index (χ3n) is 8.50. The van der Waals surface area contributed by atoms with E-state index >= 15 is 0 Å². The minimum Gasteiger partial charge on any atom is -0.378 e. The van der Waals surface area contributed by atoms with Crippen LogP contribution in [0.4, 0.5) is 4.79 Å². The van der Waals surface area contributed by atoms with Crippen LogP contribution in [0.15, 0.2) is 0 Å². The number of imide groups is 1. The van der Waals surface area contributed by atoms with Crippen molar-refractivity contribution < 1.29 is 19.1 Å². The van der Waals surface area contributed by atoms with Crippen molar-refractivity contribution in [2.45, 2.75) is 63.3 Å². The molecule has 4 aliphatic carbocycles. The lowest BCUT2D eigenvalue weighted by Gasteiger charge is -2.56. The van der Waals surface area contributed by atoms with Crippen molar-refractivity contribution >= 4 is 17.8 Å². The average Bonchev–Trinajstić information content (AvgIpc) is 2.76. The van der Waals surface area contributed by atoms with Gasteiger partial charge in [0.05, 0.1) is 19.1 Å². The van der Waals surface area contributed by atoms with E-state index in [0.29, 0.717) is 39.4 Å². The fourth-order valence-electron chi connectivity index (χ4n) is 7.49. The Kier molecular flexibility index (Phi) is 6.43. The van der Waals surface area contributed by atoms with E-state index < -0.39 is 0 Å². The van der Waals surface area contributed by atoms with E-state index in [0.717, 1.165) is 56.4 Å². The summed E-state index contributed by atoms with van der Waals surface area (Å²) in [6, 6.07) is -0.323. The summed E-state index contributed by atoms with van der Waals surface area (Å²) in [6.45, 7) is 4.78. The molecule has 8 heteroatoms. The van der Waals surface area contributed by atoms with Crippen LogP contribution in [0.2, 0.25) is 0 Å². The monoisotopic (exact) mass is 446 g/mol. The fraction of sp³-hybridized carbons (Fsp3) is 0.875. The molecule has 2 N–H and O–H groups in total. The number of carbonyl (C=O) groups excluding carboxylic acids is 3. The van der Waals surface area contributed by atoms with Gasteiger partial charge < -0.3 is 19.9 Å². The molecule has 6 aliphatic rings. The molecule has 1 unspecified atom stereocenters. The van der Waals surface area contributed by atoms with Gasteiger partial charge in [0, 0.05) is 38.1 Å². The number of hydrogen-bond acceptors (Lipinski definition) is 5. The molecule has 2 saturated heterocycles. The van der Waals surface area contributed by atoms with E-state index in [2.05, 4.69) is 15.5 Å². The Morgan fingerprint density at radius 3 is 2.25 bits per heavy atom. The Bertz CT molecular complexity index is 700. The molecule has 0 aromatic rings. The lowest BCUT2D eigenvalue weighted by atomic mass is 9.53. The Morgan fingerprint density at radius 1 is 0.938 bits per heavy atom. The molecule has 0 aromatic heterocycles. The number of amides is 4. The molecule has 2 heterocycles. The third-order valence-corrected chi connectivity index (χ3v) is 8.50. The minimum absolute atomic E-state index is 0.00398. The van der Waals surface area contributed by atoms with Crippen LogP contribution in [0.5, 0.6) is 0 Å². The predicted octanol–water partition coefficient (Wildman–Crippen LogP) is 1.74. The first-order valence-corrected chi connectivity index (χ1v) is 12.7. The second-order valence-corrected chi connectivity index (χ2v) is 11.0.